The molecule has 0 spiro atoms. The molecule has 0 radical (unpaired) electrons. The summed E-state index contributed by atoms with van der Waals surface area (Å²) in [7, 11) is 3.07. The molecule has 1 rings (SSSR count). The molecule has 26 heavy (non-hydrogen) atoms. The molecule has 1 heterocycles. The summed E-state index contributed by atoms with van der Waals surface area (Å²) in [6.45, 7) is 10.7. The number of hydrogen-bond acceptors (Lipinski definition) is 5. The summed E-state index contributed by atoms with van der Waals surface area (Å²) in [6.07, 6.45) is 6.05. The number of ether oxygens (including phenoxy) is 1. The molecular formula is C20H36N2O4. The third kappa shape index (κ3) is 6.31. The first-order valence-electron chi connectivity index (χ1n) is 9.66. The molecule has 0 aliphatic carbocycles. The van der Waals surface area contributed by atoms with Crippen LogP contribution < -0.4 is 0 Å². The molecule has 0 aromatic carbocycles. The molecule has 0 saturated carbocycles. The van der Waals surface area contributed by atoms with Crippen molar-refractivity contribution in [3.8, 4) is 0 Å². The molecule has 2 atom stereocenters. The van der Waals surface area contributed by atoms with Crippen LogP contribution in [0.3, 0.4) is 0 Å². The molecule has 150 valence electrons. The van der Waals surface area contributed by atoms with Gasteiger partial charge in [-0.3, -0.25) is 14.4 Å². The van der Waals surface area contributed by atoms with Gasteiger partial charge in [-0.05, 0) is 46.5 Å². The predicted molar refractivity (Wildman–Crippen MR) is 102 cm³/mol. The lowest BCUT2D eigenvalue weighted by Gasteiger charge is -2.36. The number of carbonyl (C=O) groups is 2. The largest absolute Gasteiger partial charge is 0.460 e. The Bertz CT molecular complexity index is 510. The minimum Gasteiger partial charge on any atom is -0.460 e. The van der Waals surface area contributed by atoms with Crippen LogP contribution >= 0.6 is 0 Å². The SMILES string of the molecule is CCC[C@H]([C@@H](CC)C(=O)OC(C)(C)C)N1CCC/C1=C\C(=O)N(C)OC. The van der Waals surface area contributed by atoms with Crippen LogP contribution in [0.4, 0.5) is 0 Å². The Kier molecular flexibility index (Phi) is 8.60. The molecule has 1 aliphatic heterocycles. The number of rotatable bonds is 8. The highest BCUT2D eigenvalue weighted by atomic mass is 16.7. The maximum absolute atomic E-state index is 12.8. The molecule has 0 aromatic rings. The number of allylic oxidation sites excluding steroid dienone is 1. The second-order valence-electron chi connectivity index (χ2n) is 7.86. The minimum absolute atomic E-state index is 0.0502. The maximum atomic E-state index is 12.8. The second kappa shape index (κ2) is 9.95. The van der Waals surface area contributed by atoms with Gasteiger partial charge in [0.2, 0.25) is 0 Å². The van der Waals surface area contributed by atoms with Crippen LogP contribution in [-0.4, -0.2) is 54.2 Å². The number of nitrogens with zero attached hydrogens (tertiary/aromatic N) is 2. The standard InChI is InChI=1S/C20H36N2O4/c1-8-11-17(16(9-2)19(24)26-20(3,4)5)22-13-10-12-15(22)14-18(23)21(6)25-7/h14,16-17H,8-13H2,1-7H3/b15-14+/t16-,17-/m1/s1. The Morgan fingerprint density at radius 2 is 1.96 bits per heavy atom. The van der Waals surface area contributed by atoms with E-state index in [1.807, 2.05) is 27.7 Å². The van der Waals surface area contributed by atoms with Gasteiger partial charge in [0.05, 0.1) is 13.0 Å². The monoisotopic (exact) mass is 368 g/mol. The molecule has 0 unspecified atom stereocenters. The number of hydroxylamine groups is 2. The third-order valence-electron chi connectivity index (χ3n) is 4.67. The summed E-state index contributed by atoms with van der Waals surface area (Å²) < 4.78 is 5.67. The predicted octanol–water partition coefficient (Wildman–Crippen LogP) is 3.52. The molecule has 0 N–H and O–H groups in total. The van der Waals surface area contributed by atoms with Crippen molar-refractivity contribution in [1.29, 1.82) is 0 Å². The molecule has 6 nitrogen and oxygen atoms in total. The van der Waals surface area contributed by atoms with E-state index in [9.17, 15) is 9.59 Å². The Hall–Kier alpha value is -1.56. The van der Waals surface area contributed by atoms with Crippen LogP contribution in [0.1, 0.15) is 66.7 Å². The van der Waals surface area contributed by atoms with Gasteiger partial charge in [0.1, 0.15) is 5.60 Å². The Morgan fingerprint density at radius 3 is 2.46 bits per heavy atom. The summed E-state index contributed by atoms with van der Waals surface area (Å²) in [5.41, 5.74) is 0.488. The highest BCUT2D eigenvalue weighted by Gasteiger charge is 2.36. The van der Waals surface area contributed by atoms with Crippen molar-refractivity contribution >= 4 is 11.9 Å². The lowest BCUT2D eigenvalue weighted by molar-refractivity contribution is -0.162. The fourth-order valence-corrected chi connectivity index (χ4v) is 3.42. The lowest BCUT2D eigenvalue weighted by Crippen LogP contribution is -2.43. The molecule has 0 bridgehead atoms. The van der Waals surface area contributed by atoms with E-state index in [0.717, 1.165) is 44.3 Å². The summed E-state index contributed by atoms with van der Waals surface area (Å²) in [5.74, 6) is -0.536. The van der Waals surface area contributed by atoms with E-state index in [0.29, 0.717) is 0 Å². The van der Waals surface area contributed by atoms with Gasteiger partial charge in [-0.25, -0.2) is 5.06 Å². The van der Waals surface area contributed by atoms with Crippen molar-refractivity contribution in [1.82, 2.24) is 9.96 Å². The highest BCUT2D eigenvalue weighted by Crippen LogP contribution is 2.32. The summed E-state index contributed by atoms with van der Waals surface area (Å²) in [4.78, 5) is 32.2. The van der Waals surface area contributed by atoms with Crippen LogP contribution in [0.15, 0.2) is 11.8 Å². The lowest BCUT2D eigenvalue weighted by atomic mass is 9.91. The van der Waals surface area contributed by atoms with E-state index in [2.05, 4.69) is 11.8 Å². The summed E-state index contributed by atoms with van der Waals surface area (Å²) in [5, 5.41) is 1.21. The number of likely N-dealkylation sites (N-methyl/N-ethyl adjacent to an activating group) is 1. The molecule has 1 amide bonds. The van der Waals surface area contributed by atoms with Crippen molar-refractivity contribution in [3.05, 3.63) is 11.8 Å². The normalized spacial score (nSPS) is 18.7. The minimum atomic E-state index is -0.498. The van der Waals surface area contributed by atoms with Crippen molar-refractivity contribution in [2.24, 2.45) is 5.92 Å². The fraction of sp³-hybridized carbons (Fsp3) is 0.800. The van der Waals surface area contributed by atoms with Crippen molar-refractivity contribution in [2.75, 3.05) is 20.7 Å². The smallest absolute Gasteiger partial charge is 0.311 e. The van der Waals surface area contributed by atoms with E-state index in [1.54, 1.807) is 13.1 Å². The Balaban J connectivity index is 3.07. The zero-order chi connectivity index (χ0) is 19.9. The van der Waals surface area contributed by atoms with Crippen LogP contribution in [0, 0.1) is 5.92 Å². The average molecular weight is 369 g/mol. The van der Waals surface area contributed by atoms with Crippen LogP contribution in [0.25, 0.3) is 0 Å². The molecule has 1 saturated heterocycles. The fourth-order valence-electron chi connectivity index (χ4n) is 3.42. The number of amides is 1. The second-order valence-corrected chi connectivity index (χ2v) is 7.86. The van der Waals surface area contributed by atoms with Gasteiger partial charge in [0.15, 0.2) is 0 Å². The van der Waals surface area contributed by atoms with Gasteiger partial charge in [-0.1, -0.05) is 20.3 Å². The quantitative estimate of drug-likeness (QED) is 0.373. The number of carbonyl (C=O) groups excluding carboxylic acids is 2. The van der Waals surface area contributed by atoms with Gasteiger partial charge in [-0.15, -0.1) is 0 Å². The number of likely N-dealkylation sites (tertiary alicyclic amines) is 1. The summed E-state index contributed by atoms with van der Waals surface area (Å²) in [6, 6.07) is 0.0502. The molecule has 0 aromatic heterocycles. The zero-order valence-electron chi connectivity index (χ0n) is 17.5. The maximum Gasteiger partial charge on any atom is 0.311 e. The first kappa shape index (κ1) is 22.5. The van der Waals surface area contributed by atoms with Crippen LogP contribution in [-0.2, 0) is 19.2 Å². The third-order valence-corrected chi connectivity index (χ3v) is 4.67. The van der Waals surface area contributed by atoms with Gasteiger partial charge < -0.3 is 9.64 Å². The van der Waals surface area contributed by atoms with Crippen LogP contribution in [0.2, 0.25) is 0 Å². The summed E-state index contributed by atoms with van der Waals surface area (Å²) >= 11 is 0. The van der Waals surface area contributed by atoms with Crippen molar-refractivity contribution in [2.45, 2.75) is 78.4 Å². The first-order chi connectivity index (χ1) is 12.1. The van der Waals surface area contributed by atoms with E-state index in [-0.39, 0.29) is 23.8 Å². The Morgan fingerprint density at radius 1 is 1.31 bits per heavy atom. The number of esters is 1. The van der Waals surface area contributed by atoms with E-state index >= 15 is 0 Å². The number of hydrogen-bond donors (Lipinski definition) is 0. The van der Waals surface area contributed by atoms with Gasteiger partial charge in [0, 0.05) is 31.4 Å². The average Bonchev–Trinajstić information content (AvgIpc) is 3.00. The molecular weight excluding hydrogens is 332 g/mol. The van der Waals surface area contributed by atoms with Gasteiger partial charge in [0.25, 0.3) is 5.91 Å². The highest BCUT2D eigenvalue weighted by molar-refractivity contribution is 5.87. The molecule has 1 aliphatic rings. The Labute approximate surface area is 158 Å². The van der Waals surface area contributed by atoms with Crippen molar-refractivity contribution in [3.63, 3.8) is 0 Å². The molecule has 6 heteroatoms. The first-order valence-corrected chi connectivity index (χ1v) is 9.66. The van der Waals surface area contributed by atoms with Gasteiger partial charge in [-0.2, -0.15) is 0 Å². The van der Waals surface area contributed by atoms with Gasteiger partial charge >= 0.3 is 5.97 Å². The van der Waals surface area contributed by atoms with E-state index < -0.39 is 5.60 Å². The van der Waals surface area contributed by atoms with E-state index in [4.69, 9.17) is 9.57 Å². The van der Waals surface area contributed by atoms with Crippen molar-refractivity contribution < 1.29 is 19.2 Å². The van der Waals surface area contributed by atoms with E-state index in [1.165, 1.54) is 12.2 Å². The molecule has 1 fully saturated rings. The van der Waals surface area contributed by atoms with Crippen LogP contribution in [0.5, 0.6) is 0 Å². The topological polar surface area (TPSA) is 59.1 Å². The zero-order valence-corrected chi connectivity index (χ0v) is 17.5.